The Kier molecular flexibility index (Phi) is 3.04. The molecule has 0 saturated carbocycles. The zero-order chi connectivity index (χ0) is 14.9. The molecule has 2 N–H and O–H groups in total. The van der Waals surface area contributed by atoms with Gasteiger partial charge in [-0.15, -0.1) is 0 Å². The number of H-pyrrole nitrogens is 1. The lowest BCUT2D eigenvalue weighted by Crippen LogP contribution is -2.16. The van der Waals surface area contributed by atoms with Gasteiger partial charge in [-0.1, -0.05) is 18.2 Å². The normalized spacial score (nSPS) is 16.3. The molecule has 0 bridgehead atoms. The second-order valence-electron chi connectivity index (χ2n) is 5.47. The first kappa shape index (κ1) is 12.9. The molecule has 5 heteroatoms. The third-order valence-corrected chi connectivity index (χ3v) is 3.96. The maximum absolute atomic E-state index is 12.3. The highest BCUT2D eigenvalue weighted by atomic mass is 16.5. The number of carbonyl (C=O) groups excluding carboxylic acids is 1. The topological polar surface area (TPSA) is 67.0 Å². The molecule has 1 atom stereocenters. The summed E-state index contributed by atoms with van der Waals surface area (Å²) in [7, 11) is 0. The molecule has 1 aliphatic heterocycles. The Balaban J connectivity index is 1.47. The maximum atomic E-state index is 12.3. The molecule has 1 unspecified atom stereocenters. The molecule has 22 heavy (non-hydrogen) atoms. The third-order valence-electron chi connectivity index (χ3n) is 3.96. The van der Waals surface area contributed by atoms with E-state index in [0.29, 0.717) is 13.0 Å². The highest BCUT2D eigenvalue weighted by Gasteiger charge is 2.25. The lowest BCUT2D eigenvalue weighted by Gasteiger charge is -2.09. The molecule has 0 fully saturated rings. The van der Waals surface area contributed by atoms with Gasteiger partial charge in [-0.2, -0.15) is 5.10 Å². The molecule has 1 aliphatic rings. The minimum atomic E-state index is -0.0100. The van der Waals surface area contributed by atoms with E-state index in [1.807, 2.05) is 42.5 Å². The number of rotatable bonds is 3. The standard InChI is InChI=1S/C17H15N3O2/c21-17(7-12-10-22-16-4-2-1-3-14(12)16)19-13-6-5-11-9-18-20-15(11)8-13/h1-6,8-9,12H,7,10H2,(H,18,20)(H,19,21). The van der Waals surface area contributed by atoms with Gasteiger partial charge < -0.3 is 10.1 Å². The van der Waals surface area contributed by atoms with Gasteiger partial charge >= 0.3 is 0 Å². The summed E-state index contributed by atoms with van der Waals surface area (Å²) in [6, 6.07) is 13.6. The van der Waals surface area contributed by atoms with Crippen molar-refractivity contribution in [3.05, 3.63) is 54.2 Å². The Morgan fingerprint density at radius 1 is 1.32 bits per heavy atom. The molecular formula is C17H15N3O2. The number of benzene rings is 2. The molecule has 3 aromatic rings. The first-order valence-electron chi connectivity index (χ1n) is 7.24. The lowest BCUT2D eigenvalue weighted by molar-refractivity contribution is -0.116. The summed E-state index contributed by atoms with van der Waals surface area (Å²) in [6.07, 6.45) is 2.17. The van der Waals surface area contributed by atoms with Crippen molar-refractivity contribution < 1.29 is 9.53 Å². The fourth-order valence-electron chi connectivity index (χ4n) is 2.85. The molecule has 5 nitrogen and oxygen atoms in total. The first-order chi connectivity index (χ1) is 10.8. The predicted octanol–water partition coefficient (Wildman–Crippen LogP) is 3.07. The van der Waals surface area contributed by atoms with E-state index in [-0.39, 0.29) is 11.8 Å². The van der Waals surface area contributed by atoms with Gasteiger partial charge in [0.2, 0.25) is 5.91 Å². The van der Waals surface area contributed by atoms with Crippen LogP contribution in [-0.4, -0.2) is 22.7 Å². The van der Waals surface area contributed by atoms with Crippen molar-refractivity contribution in [1.82, 2.24) is 10.2 Å². The summed E-state index contributed by atoms with van der Waals surface area (Å²) in [6.45, 7) is 0.562. The number of nitrogens with one attached hydrogen (secondary N) is 2. The van der Waals surface area contributed by atoms with Crippen LogP contribution in [0.5, 0.6) is 5.75 Å². The Labute approximate surface area is 127 Å². The molecule has 1 aromatic heterocycles. The quantitative estimate of drug-likeness (QED) is 0.780. The number of para-hydroxylation sites is 1. The number of nitrogens with zero attached hydrogens (tertiary/aromatic N) is 1. The van der Waals surface area contributed by atoms with Crippen LogP contribution < -0.4 is 10.1 Å². The van der Waals surface area contributed by atoms with Crippen molar-refractivity contribution in [1.29, 1.82) is 0 Å². The average molecular weight is 293 g/mol. The number of fused-ring (bicyclic) bond motifs is 2. The van der Waals surface area contributed by atoms with E-state index < -0.39 is 0 Å². The van der Waals surface area contributed by atoms with Gasteiger partial charge in [0.1, 0.15) is 5.75 Å². The lowest BCUT2D eigenvalue weighted by atomic mass is 9.97. The molecule has 110 valence electrons. The van der Waals surface area contributed by atoms with Crippen molar-refractivity contribution in [3.8, 4) is 5.75 Å². The van der Waals surface area contributed by atoms with Crippen LogP contribution >= 0.6 is 0 Å². The Bertz CT molecular complexity index is 841. The van der Waals surface area contributed by atoms with E-state index in [1.165, 1.54) is 0 Å². The molecule has 2 aromatic carbocycles. The number of anilines is 1. The number of aromatic nitrogens is 2. The molecule has 0 spiro atoms. The number of aromatic amines is 1. The Morgan fingerprint density at radius 2 is 2.23 bits per heavy atom. The molecule has 4 rings (SSSR count). The van der Waals surface area contributed by atoms with Gasteiger partial charge in [0.15, 0.2) is 0 Å². The van der Waals surface area contributed by atoms with Crippen molar-refractivity contribution in [2.75, 3.05) is 11.9 Å². The summed E-state index contributed by atoms with van der Waals surface area (Å²) in [5.41, 5.74) is 2.79. The van der Waals surface area contributed by atoms with Crippen LogP contribution in [0.25, 0.3) is 10.9 Å². The molecule has 0 radical (unpaired) electrons. The van der Waals surface area contributed by atoms with Crippen LogP contribution in [-0.2, 0) is 4.79 Å². The smallest absolute Gasteiger partial charge is 0.225 e. The number of hydrogen-bond donors (Lipinski definition) is 2. The number of carbonyl (C=O) groups is 1. The number of ether oxygens (including phenoxy) is 1. The molecule has 1 amide bonds. The van der Waals surface area contributed by atoms with Crippen LogP contribution in [0.2, 0.25) is 0 Å². The minimum Gasteiger partial charge on any atom is -0.493 e. The monoisotopic (exact) mass is 293 g/mol. The van der Waals surface area contributed by atoms with Crippen LogP contribution in [0, 0.1) is 0 Å². The van der Waals surface area contributed by atoms with E-state index in [0.717, 1.165) is 27.9 Å². The second kappa shape index (κ2) is 5.18. The minimum absolute atomic E-state index is 0.0100. The fraction of sp³-hybridized carbons (Fsp3) is 0.176. The number of hydrogen-bond acceptors (Lipinski definition) is 3. The van der Waals surface area contributed by atoms with Gasteiger partial charge in [0, 0.05) is 29.0 Å². The third kappa shape index (κ3) is 2.30. The van der Waals surface area contributed by atoms with E-state index in [4.69, 9.17) is 4.74 Å². The summed E-state index contributed by atoms with van der Waals surface area (Å²) in [4.78, 5) is 12.3. The van der Waals surface area contributed by atoms with Gasteiger partial charge in [-0.25, -0.2) is 0 Å². The molecule has 2 heterocycles. The zero-order valence-electron chi connectivity index (χ0n) is 11.9. The van der Waals surface area contributed by atoms with Crippen molar-refractivity contribution >= 4 is 22.5 Å². The van der Waals surface area contributed by atoms with Crippen LogP contribution in [0.4, 0.5) is 5.69 Å². The van der Waals surface area contributed by atoms with Gasteiger partial charge in [0.25, 0.3) is 0 Å². The Hall–Kier alpha value is -2.82. The SMILES string of the molecule is O=C(CC1COc2ccccc21)Nc1ccc2cn[nH]c2c1. The van der Waals surface area contributed by atoms with E-state index in [2.05, 4.69) is 15.5 Å². The van der Waals surface area contributed by atoms with E-state index >= 15 is 0 Å². The highest BCUT2D eigenvalue weighted by Crippen LogP contribution is 2.35. The summed E-state index contributed by atoms with van der Waals surface area (Å²) < 4.78 is 5.62. The first-order valence-corrected chi connectivity index (χ1v) is 7.24. The Morgan fingerprint density at radius 3 is 3.18 bits per heavy atom. The van der Waals surface area contributed by atoms with Crippen LogP contribution in [0.3, 0.4) is 0 Å². The van der Waals surface area contributed by atoms with Crippen LogP contribution in [0.15, 0.2) is 48.7 Å². The van der Waals surface area contributed by atoms with E-state index in [1.54, 1.807) is 6.20 Å². The van der Waals surface area contributed by atoms with Gasteiger partial charge in [-0.05, 0) is 24.3 Å². The van der Waals surface area contributed by atoms with Gasteiger partial charge in [-0.3, -0.25) is 9.89 Å². The van der Waals surface area contributed by atoms with Crippen molar-refractivity contribution in [2.45, 2.75) is 12.3 Å². The van der Waals surface area contributed by atoms with Crippen molar-refractivity contribution in [2.24, 2.45) is 0 Å². The van der Waals surface area contributed by atoms with Gasteiger partial charge in [0.05, 0.1) is 18.3 Å². The molecule has 0 saturated heterocycles. The maximum Gasteiger partial charge on any atom is 0.225 e. The van der Waals surface area contributed by atoms with Crippen molar-refractivity contribution in [3.63, 3.8) is 0 Å². The predicted molar refractivity (Wildman–Crippen MR) is 84.0 cm³/mol. The molecular weight excluding hydrogens is 278 g/mol. The number of amides is 1. The summed E-state index contributed by atoms with van der Waals surface area (Å²) in [5.74, 6) is 0.996. The van der Waals surface area contributed by atoms with Crippen LogP contribution in [0.1, 0.15) is 17.9 Å². The average Bonchev–Trinajstić information content (AvgIpc) is 3.14. The second-order valence-corrected chi connectivity index (χ2v) is 5.47. The largest absolute Gasteiger partial charge is 0.493 e. The fourth-order valence-corrected chi connectivity index (χ4v) is 2.85. The molecule has 0 aliphatic carbocycles. The summed E-state index contributed by atoms with van der Waals surface area (Å²) >= 11 is 0. The highest BCUT2D eigenvalue weighted by molar-refractivity contribution is 5.93. The van der Waals surface area contributed by atoms with E-state index in [9.17, 15) is 4.79 Å². The summed E-state index contributed by atoms with van der Waals surface area (Å²) in [5, 5.41) is 10.8. The zero-order valence-corrected chi connectivity index (χ0v) is 11.9.